The van der Waals surface area contributed by atoms with Gasteiger partial charge in [0.25, 0.3) is 0 Å². The third kappa shape index (κ3) is 6.37. The van der Waals surface area contributed by atoms with E-state index in [-0.39, 0.29) is 5.91 Å². The van der Waals surface area contributed by atoms with Crippen molar-refractivity contribution >= 4 is 17.3 Å². The second-order valence-corrected chi connectivity index (χ2v) is 6.21. The number of nitrogens with zero attached hydrogens (tertiary/aromatic N) is 2. The van der Waals surface area contributed by atoms with Gasteiger partial charge in [-0.15, -0.1) is 0 Å². The Morgan fingerprint density at radius 1 is 1.12 bits per heavy atom. The minimum atomic E-state index is 0.0765. The first-order valence-electron chi connectivity index (χ1n) is 8.72. The van der Waals surface area contributed by atoms with Gasteiger partial charge in [0.2, 0.25) is 5.91 Å². The average molecular weight is 334 g/mol. The highest BCUT2D eigenvalue weighted by Gasteiger charge is 2.13. The Kier molecular flexibility index (Phi) is 7.85. The van der Waals surface area contributed by atoms with Crippen molar-refractivity contribution in [3.8, 4) is 0 Å². The number of carbonyl (C=O) groups excluding carboxylic acids is 1. The molecule has 1 saturated heterocycles. The van der Waals surface area contributed by atoms with E-state index in [4.69, 9.17) is 4.74 Å². The number of carbonyl (C=O) groups is 1. The number of ether oxygens (including phenoxy) is 1. The van der Waals surface area contributed by atoms with Gasteiger partial charge in [-0.3, -0.25) is 4.79 Å². The van der Waals surface area contributed by atoms with Crippen LogP contribution in [0, 0.1) is 0 Å². The Hall–Kier alpha value is -1.79. The Balaban J connectivity index is 1.65. The van der Waals surface area contributed by atoms with Crippen molar-refractivity contribution in [2.75, 3.05) is 70.2 Å². The van der Waals surface area contributed by atoms with Gasteiger partial charge < -0.3 is 25.2 Å². The van der Waals surface area contributed by atoms with Crippen molar-refractivity contribution in [1.82, 2.24) is 10.2 Å². The number of rotatable bonds is 9. The fraction of sp³-hybridized carbons (Fsp3) is 0.611. The lowest BCUT2D eigenvalue weighted by Gasteiger charge is -2.34. The average Bonchev–Trinajstić information content (AvgIpc) is 2.60. The van der Waals surface area contributed by atoms with Crippen LogP contribution in [-0.4, -0.2) is 70.8 Å². The Labute approximate surface area is 145 Å². The number of methoxy groups -OCH3 is 1. The summed E-state index contributed by atoms with van der Waals surface area (Å²) in [6.07, 6.45) is 1.33. The van der Waals surface area contributed by atoms with Crippen LogP contribution in [0.25, 0.3) is 0 Å². The van der Waals surface area contributed by atoms with E-state index < -0.39 is 0 Å². The van der Waals surface area contributed by atoms with E-state index in [0.29, 0.717) is 26.1 Å². The lowest BCUT2D eigenvalue weighted by molar-refractivity contribution is -0.120. The molecule has 134 valence electrons. The van der Waals surface area contributed by atoms with E-state index in [0.717, 1.165) is 38.3 Å². The molecule has 2 N–H and O–H groups in total. The standard InChI is InChI=1S/C18H30N4O2/c1-21-11-13-22(14-12-21)17-6-4-16(5-7-17)19-10-8-18(23)20-9-3-15-24-2/h4-7,19H,3,8-15H2,1-2H3,(H,20,23). The van der Waals surface area contributed by atoms with Crippen LogP contribution >= 0.6 is 0 Å². The highest BCUT2D eigenvalue weighted by Crippen LogP contribution is 2.19. The first-order chi connectivity index (χ1) is 11.7. The quantitative estimate of drug-likeness (QED) is 0.669. The molecule has 1 fully saturated rings. The molecular weight excluding hydrogens is 304 g/mol. The lowest BCUT2D eigenvalue weighted by Crippen LogP contribution is -2.44. The highest BCUT2D eigenvalue weighted by atomic mass is 16.5. The normalized spacial score (nSPS) is 15.3. The number of hydrogen-bond donors (Lipinski definition) is 2. The summed E-state index contributed by atoms with van der Waals surface area (Å²) >= 11 is 0. The minimum absolute atomic E-state index is 0.0765. The maximum Gasteiger partial charge on any atom is 0.221 e. The maximum atomic E-state index is 11.7. The zero-order chi connectivity index (χ0) is 17.2. The van der Waals surface area contributed by atoms with Crippen LogP contribution in [0.4, 0.5) is 11.4 Å². The summed E-state index contributed by atoms with van der Waals surface area (Å²) in [5.74, 6) is 0.0765. The smallest absolute Gasteiger partial charge is 0.221 e. The first-order valence-corrected chi connectivity index (χ1v) is 8.72. The second kappa shape index (κ2) is 10.2. The summed E-state index contributed by atoms with van der Waals surface area (Å²) in [5, 5.41) is 6.19. The molecule has 0 atom stereocenters. The van der Waals surface area contributed by atoms with Crippen molar-refractivity contribution in [1.29, 1.82) is 0 Å². The van der Waals surface area contributed by atoms with E-state index in [2.05, 4.69) is 51.7 Å². The molecule has 1 aromatic rings. The number of hydrogen-bond acceptors (Lipinski definition) is 5. The van der Waals surface area contributed by atoms with Crippen molar-refractivity contribution in [2.24, 2.45) is 0 Å². The van der Waals surface area contributed by atoms with Crippen molar-refractivity contribution in [3.05, 3.63) is 24.3 Å². The highest BCUT2D eigenvalue weighted by molar-refractivity contribution is 5.76. The van der Waals surface area contributed by atoms with Crippen LogP contribution in [0.2, 0.25) is 0 Å². The van der Waals surface area contributed by atoms with Crippen molar-refractivity contribution in [3.63, 3.8) is 0 Å². The fourth-order valence-corrected chi connectivity index (χ4v) is 2.71. The summed E-state index contributed by atoms with van der Waals surface area (Å²) in [4.78, 5) is 16.4. The van der Waals surface area contributed by atoms with Crippen LogP contribution < -0.4 is 15.5 Å². The molecule has 1 aromatic carbocycles. The number of nitrogens with one attached hydrogen (secondary N) is 2. The molecule has 1 amide bonds. The van der Waals surface area contributed by atoms with Gasteiger partial charge in [-0.2, -0.15) is 0 Å². The van der Waals surface area contributed by atoms with Gasteiger partial charge in [0.05, 0.1) is 0 Å². The van der Waals surface area contributed by atoms with Crippen LogP contribution in [0.15, 0.2) is 24.3 Å². The molecule has 6 nitrogen and oxygen atoms in total. The van der Waals surface area contributed by atoms with E-state index in [1.165, 1.54) is 5.69 Å². The van der Waals surface area contributed by atoms with Gasteiger partial charge in [0, 0.05) is 70.8 Å². The zero-order valence-electron chi connectivity index (χ0n) is 14.9. The minimum Gasteiger partial charge on any atom is -0.385 e. The molecule has 1 aliphatic heterocycles. The molecule has 0 unspecified atom stereocenters. The van der Waals surface area contributed by atoms with Crippen LogP contribution in [0.1, 0.15) is 12.8 Å². The molecule has 0 saturated carbocycles. The number of anilines is 2. The Morgan fingerprint density at radius 2 is 1.83 bits per heavy atom. The topological polar surface area (TPSA) is 56.8 Å². The molecule has 24 heavy (non-hydrogen) atoms. The SMILES string of the molecule is COCCCNC(=O)CCNc1ccc(N2CCN(C)CC2)cc1. The zero-order valence-corrected chi connectivity index (χ0v) is 14.9. The predicted molar refractivity (Wildman–Crippen MR) is 98.8 cm³/mol. The summed E-state index contributed by atoms with van der Waals surface area (Å²) in [5.41, 5.74) is 2.32. The van der Waals surface area contributed by atoms with Gasteiger partial charge >= 0.3 is 0 Å². The van der Waals surface area contributed by atoms with Gasteiger partial charge in [0.15, 0.2) is 0 Å². The van der Waals surface area contributed by atoms with Crippen LogP contribution in [-0.2, 0) is 9.53 Å². The van der Waals surface area contributed by atoms with E-state index in [1.807, 2.05) is 0 Å². The molecule has 2 rings (SSSR count). The van der Waals surface area contributed by atoms with E-state index >= 15 is 0 Å². The third-order valence-electron chi connectivity index (χ3n) is 4.26. The predicted octanol–water partition coefficient (Wildman–Crippen LogP) is 1.39. The fourth-order valence-electron chi connectivity index (χ4n) is 2.71. The maximum absolute atomic E-state index is 11.7. The Bertz CT molecular complexity index is 484. The van der Waals surface area contributed by atoms with Crippen molar-refractivity contribution < 1.29 is 9.53 Å². The van der Waals surface area contributed by atoms with E-state index in [1.54, 1.807) is 7.11 Å². The summed E-state index contributed by atoms with van der Waals surface area (Å²) in [6.45, 7) is 6.37. The largest absolute Gasteiger partial charge is 0.385 e. The lowest BCUT2D eigenvalue weighted by atomic mass is 10.2. The Morgan fingerprint density at radius 3 is 2.50 bits per heavy atom. The molecule has 0 bridgehead atoms. The molecule has 0 aromatic heterocycles. The molecule has 0 aliphatic carbocycles. The monoisotopic (exact) mass is 334 g/mol. The molecule has 1 heterocycles. The van der Waals surface area contributed by atoms with Gasteiger partial charge in [-0.25, -0.2) is 0 Å². The second-order valence-electron chi connectivity index (χ2n) is 6.21. The summed E-state index contributed by atoms with van der Waals surface area (Å²) < 4.78 is 4.95. The molecule has 0 spiro atoms. The van der Waals surface area contributed by atoms with Crippen LogP contribution in [0.3, 0.4) is 0 Å². The van der Waals surface area contributed by atoms with Crippen molar-refractivity contribution in [2.45, 2.75) is 12.8 Å². The number of amides is 1. The molecule has 0 radical (unpaired) electrons. The van der Waals surface area contributed by atoms with Crippen LogP contribution in [0.5, 0.6) is 0 Å². The third-order valence-corrected chi connectivity index (χ3v) is 4.26. The van der Waals surface area contributed by atoms with Gasteiger partial charge in [-0.05, 0) is 37.7 Å². The molecule has 1 aliphatic rings. The number of benzene rings is 1. The molecule has 6 heteroatoms. The first kappa shape index (κ1) is 18.5. The number of piperazine rings is 1. The van der Waals surface area contributed by atoms with E-state index in [9.17, 15) is 4.79 Å². The summed E-state index contributed by atoms with van der Waals surface area (Å²) in [7, 11) is 3.83. The van der Waals surface area contributed by atoms with Gasteiger partial charge in [0.1, 0.15) is 0 Å². The number of likely N-dealkylation sites (N-methyl/N-ethyl adjacent to an activating group) is 1. The van der Waals surface area contributed by atoms with Gasteiger partial charge in [-0.1, -0.05) is 0 Å². The molecular formula is C18H30N4O2. The summed E-state index contributed by atoms with van der Waals surface area (Å²) in [6, 6.07) is 8.48.